The second-order valence-electron chi connectivity index (χ2n) is 7.93. The van der Waals surface area contributed by atoms with Crippen molar-refractivity contribution >= 4 is 15.9 Å². The Morgan fingerprint density at radius 1 is 1.10 bits per heavy atom. The van der Waals surface area contributed by atoms with E-state index in [1.165, 1.54) is 10.4 Å². The molecule has 0 aliphatic carbocycles. The number of carbonyl (C=O) groups is 1. The smallest absolute Gasteiger partial charge is 0.251 e. The van der Waals surface area contributed by atoms with Crippen LogP contribution in [0.3, 0.4) is 0 Å². The Labute approximate surface area is 184 Å². The number of ether oxygens (including phenoxy) is 2. The van der Waals surface area contributed by atoms with Crippen LogP contribution in [0.4, 0.5) is 0 Å². The zero-order valence-electron chi connectivity index (χ0n) is 18.5. The highest BCUT2D eigenvalue weighted by molar-refractivity contribution is 7.89. The van der Waals surface area contributed by atoms with E-state index in [1.807, 2.05) is 32.0 Å². The number of hydrogen-bond acceptors (Lipinski definition) is 5. The Hall–Kier alpha value is -2.58. The maximum atomic E-state index is 13.0. The number of rotatable bonds is 8. The van der Waals surface area contributed by atoms with Crippen LogP contribution in [0.1, 0.15) is 48.2 Å². The average molecular weight is 447 g/mol. The van der Waals surface area contributed by atoms with E-state index < -0.39 is 10.0 Å². The minimum atomic E-state index is -3.59. The summed E-state index contributed by atoms with van der Waals surface area (Å²) < 4.78 is 38.5. The van der Waals surface area contributed by atoms with Gasteiger partial charge in [0.05, 0.1) is 18.1 Å². The van der Waals surface area contributed by atoms with Gasteiger partial charge in [0.2, 0.25) is 10.0 Å². The Kier molecular flexibility index (Phi) is 7.23. The molecular formula is C23H30N2O5S. The summed E-state index contributed by atoms with van der Waals surface area (Å²) in [6, 6.07) is 10.3. The fourth-order valence-corrected chi connectivity index (χ4v) is 5.31. The van der Waals surface area contributed by atoms with Gasteiger partial charge in [0, 0.05) is 25.2 Å². The fraction of sp³-hybridized carbons (Fsp3) is 0.435. The van der Waals surface area contributed by atoms with Crippen molar-refractivity contribution in [1.82, 2.24) is 9.62 Å². The summed E-state index contributed by atoms with van der Waals surface area (Å²) >= 11 is 0. The predicted molar refractivity (Wildman–Crippen MR) is 119 cm³/mol. The molecule has 1 fully saturated rings. The van der Waals surface area contributed by atoms with Gasteiger partial charge in [-0.1, -0.05) is 12.1 Å². The zero-order chi connectivity index (χ0) is 22.6. The van der Waals surface area contributed by atoms with Crippen LogP contribution in [-0.2, 0) is 16.6 Å². The first-order chi connectivity index (χ1) is 14.7. The molecule has 0 spiro atoms. The fourth-order valence-electron chi connectivity index (χ4n) is 3.54. The van der Waals surface area contributed by atoms with Crippen LogP contribution in [-0.4, -0.2) is 44.9 Å². The maximum Gasteiger partial charge on any atom is 0.251 e. The second-order valence-corrected chi connectivity index (χ2v) is 9.83. The summed E-state index contributed by atoms with van der Waals surface area (Å²) in [6.07, 6.45) is 1.75. The van der Waals surface area contributed by atoms with Crippen molar-refractivity contribution in [2.45, 2.75) is 51.2 Å². The Morgan fingerprint density at radius 3 is 2.45 bits per heavy atom. The Bertz CT molecular complexity index is 1040. The van der Waals surface area contributed by atoms with Crippen LogP contribution in [0.25, 0.3) is 0 Å². The van der Waals surface area contributed by atoms with Crippen molar-refractivity contribution in [1.29, 1.82) is 0 Å². The monoisotopic (exact) mass is 446 g/mol. The molecule has 0 atom stereocenters. The number of sulfonamides is 1. The summed E-state index contributed by atoms with van der Waals surface area (Å²) in [7, 11) is -2.02. The van der Waals surface area contributed by atoms with Crippen molar-refractivity contribution in [2.75, 3.05) is 20.2 Å². The lowest BCUT2D eigenvalue weighted by molar-refractivity contribution is 0.0950. The van der Waals surface area contributed by atoms with Crippen LogP contribution in [0.15, 0.2) is 41.3 Å². The third kappa shape index (κ3) is 5.37. The normalized spacial score (nSPS) is 14.6. The minimum absolute atomic E-state index is 0.0204. The maximum absolute atomic E-state index is 13.0. The van der Waals surface area contributed by atoms with Gasteiger partial charge < -0.3 is 14.8 Å². The highest BCUT2D eigenvalue weighted by Crippen LogP contribution is 2.29. The predicted octanol–water partition coefficient (Wildman–Crippen LogP) is 3.51. The van der Waals surface area contributed by atoms with E-state index in [4.69, 9.17) is 9.47 Å². The van der Waals surface area contributed by atoms with Crippen molar-refractivity contribution in [3.63, 3.8) is 0 Å². The molecular weight excluding hydrogens is 416 g/mol. The van der Waals surface area contributed by atoms with E-state index in [0.717, 1.165) is 18.4 Å². The molecule has 1 heterocycles. The molecule has 1 saturated heterocycles. The number of benzene rings is 2. The molecule has 168 valence electrons. The van der Waals surface area contributed by atoms with Gasteiger partial charge >= 0.3 is 0 Å². The van der Waals surface area contributed by atoms with E-state index in [-0.39, 0.29) is 23.5 Å². The first-order valence-electron chi connectivity index (χ1n) is 10.4. The van der Waals surface area contributed by atoms with Gasteiger partial charge in [-0.15, -0.1) is 0 Å². The Morgan fingerprint density at radius 2 is 1.81 bits per heavy atom. The average Bonchev–Trinajstić information content (AvgIpc) is 3.28. The van der Waals surface area contributed by atoms with Gasteiger partial charge in [-0.05, 0) is 69.0 Å². The van der Waals surface area contributed by atoms with Gasteiger partial charge in [0.15, 0.2) is 11.5 Å². The number of carbonyl (C=O) groups excluding carboxylic acids is 1. The molecule has 1 N–H and O–H groups in total. The van der Waals surface area contributed by atoms with E-state index in [0.29, 0.717) is 35.7 Å². The molecule has 1 aliphatic heterocycles. The molecule has 2 aromatic rings. The minimum Gasteiger partial charge on any atom is -0.493 e. The van der Waals surface area contributed by atoms with Gasteiger partial charge in [-0.25, -0.2) is 8.42 Å². The molecule has 2 aromatic carbocycles. The summed E-state index contributed by atoms with van der Waals surface area (Å²) in [6.45, 7) is 6.95. The van der Waals surface area contributed by atoms with Crippen LogP contribution in [0, 0.1) is 6.92 Å². The van der Waals surface area contributed by atoms with E-state index in [1.54, 1.807) is 26.2 Å². The second kappa shape index (κ2) is 9.70. The molecule has 0 bridgehead atoms. The van der Waals surface area contributed by atoms with E-state index >= 15 is 0 Å². The highest BCUT2D eigenvalue weighted by atomic mass is 32.2. The van der Waals surface area contributed by atoms with Crippen molar-refractivity contribution in [3.05, 3.63) is 53.1 Å². The van der Waals surface area contributed by atoms with Gasteiger partial charge in [0.1, 0.15) is 0 Å². The highest BCUT2D eigenvalue weighted by Gasteiger charge is 2.29. The third-order valence-corrected chi connectivity index (χ3v) is 7.22. The quantitative estimate of drug-likeness (QED) is 0.671. The summed E-state index contributed by atoms with van der Waals surface area (Å²) in [5.74, 6) is 0.900. The number of methoxy groups -OCH3 is 1. The lowest BCUT2D eigenvalue weighted by atomic mass is 10.1. The Balaban J connectivity index is 1.74. The number of amides is 1. The van der Waals surface area contributed by atoms with Crippen LogP contribution in [0.5, 0.6) is 11.5 Å². The first kappa shape index (κ1) is 23.1. The molecule has 1 aliphatic rings. The zero-order valence-corrected chi connectivity index (χ0v) is 19.3. The molecule has 7 nitrogen and oxygen atoms in total. The largest absolute Gasteiger partial charge is 0.493 e. The molecule has 3 rings (SSSR count). The number of nitrogens with zero attached hydrogens (tertiary/aromatic N) is 1. The number of aryl methyl sites for hydroxylation is 1. The topological polar surface area (TPSA) is 84.9 Å². The summed E-state index contributed by atoms with van der Waals surface area (Å²) in [5, 5.41) is 2.85. The lowest BCUT2D eigenvalue weighted by Crippen LogP contribution is -2.29. The lowest BCUT2D eigenvalue weighted by Gasteiger charge is -2.18. The number of hydrogen-bond donors (Lipinski definition) is 1. The first-order valence-corrected chi connectivity index (χ1v) is 11.9. The number of nitrogens with one attached hydrogen (secondary N) is 1. The molecule has 0 saturated carbocycles. The molecule has 0 radical (unpaired) electrons. The van der Waals surface area contributed by atoms with Crippen LogP contribution >= 0.6 is 0 Å². The van der Waals surface area contributed by atoms with Crippen molar-refractivity contribution < 1.29 is 22.7 Å². The summed E-state index contributed by atoms with van der Waals surface area (Å²) in [4.78, 5) is 12.9. The SMILES string of the molecule is COc1cc(CNC(=O)c2ccc(C)c(S(=O)(=O)N3CCCC3)c2)ccc1OC(C)C. The standard InChI is InChI=1S/C23H30N2O5S/c1-16(2)30-20-10-8-18(13-21(20)29-4)15-24-23(26)19-9-7-17(3)22(14-19)31(27,28)25-11-5-6-12-25/h7-10,13-14,16H,5-6,11-12,15H2,1-4H3,(H,24,26). The van der Waals surface area contributed by atoms with E-state index in [9.17, 15) is 13.2 Å². The van der Waals surface area contributed by atoms with Crippen molar-refractivity contribution in [2.24, 2.45) is 0 Å². The van der Waals surface area contributed by atoms with Gasteiger partial charge in [-0.3, -0.25) is 4.79 Å². The van der Waals surface area contributed by atoms with E-state index in [2.05, 4.69) is 5.32 Å². The molecule has 31 heavy (non-hydrogen) atoms. The molecule has 0 aromatic heterocycles. The molecule has 8 heteroatoms. The summed E-state index contributed by atoms with van der Waals surface area (Å²) in [5.41, 5.74) is 1.79. The van der Waals surface area contributed by atoms with Gasteiger partial charge in [-0.2, -0.15) is 4.31 Å². The van der Waals surface area contributed by atoms with Crippen LogP contribution < -0.4 is 14.8 Å². The van der Waals surface area contributed by atoms with Gasteiger partial charge in [0.25, 0.3) is 5.91 Å². The molecule has 0 unspecified atom stereocenters. The third-order valence-electron chi connectivity index (χ3n) is 5.18. The van der Waals surface area contributed by atoms with Crippen molar-refractivity contribution in [3.8, 4) is 11.5 Å². The van der Waals surface area contributed by atoms with Crippen LogP contribution in [0.2, 0.25) is 0 Å². The molecule has 1 amide bonds.